The Balaban J connectivity index is 2.16. The lowest BCUT2D eigenvalue weighted by Gasteiger charge is -2.27. The summed E-state index contributed by atoms with van der Waals surface area (Å²) in [4.78, 5) is 1.41. The molecule has 0 aliphatic heterocycles. The summed E-state index contributed by atoms with van der Waals surface area (Å²) >= 11 is 1.81. The summed E-state index contributed by atoms with van der Waals surface area (Å²) in [6.45, 7) is 6.41. The highest BCUT2D eigenvalue weighted by molar-refractivity contribution is 7.09. The van der Waals surface area contributed by atoms with Crippen molar-refractivity contribution in [2.45, 2.75) is 39.2 Å². The Morgan fingerprint density at radius 1 is 1.22 bits per heavy atom. The number of hydrogen-bond donors (Lipinski definition) is 1. The standard InChI is InChI=1S/C16H21NS/c1-12-6-7-13(2)15(11-12)16(3,17)9-8-14-5-4-10-18-14/h4-7,10-11H,8-9,17H2,1-3H3. The summed E-state index contributed by atoms with van der Waals surface area (Å²) < 4.78 is 0. The smallest absolute Gasteiger partial charge is 0.0387 e. The third-order valence-corrected chi connectivity index (χ3v) is 4.42. The number of hydrogen-bond acceptors (Lipinski definition) is 2. The third kappa shape index (κ3) is 3.01. The first kappa shape index (κ1) is 13.3. The monoisotopic (exact) mass is 259 g/mol. The molecule has 0 saturated carbocycles. The molecular formula is C16H21NS. The lowest BCUT2D eigenvalue weighted by molar-refractivity contribution is 0.452. The largest absolute Gasteiger partial charge is 0.322 e. The predicted octanol–water partition coefficient (Wildman–Crippen LogP) is 4.17. The van der Waals surface area contributed by atoms with Crippen molar-refractivity contribution in [3.63, 3.8) is 0 Å². The highest BCUT2D eigenvalue weighted by Crippen LogP contribution is 2.28. The van der Waals surface area contributed by atoms with Crippen molar-refractivity contribution >= 4 is 11.3 Å². The maximum Gasteiger partial charge on any atom is 0.0387 e. The zero-order chi connectivity index (χ0) is 13.2. The summed E-state index contributed by atoms with van der Waals surface area (Å²) in [6, 6.07) is 10.8. The van der Waals surface area contributed by atoms with Crippen molar-refractivity contribution in [3.8, 4) is 0 Å². The Bertz CT molecular complexity index is 512. The summed E-state index contributed by atoms with van der Waals surface area (Å²) in [5.74, 6) is 0. The highest BCUT2D eigenvalue weighted by atomic mass is 32.1. The van der Waals surface area contributed by atoms with Gasteiger partial charge in [0.05, 0.1) is 0 Å². The Kier molecular flexibility index (Phi) is 3.88. The van der Waals surface area contributed by atoms with Crippen LogP contribution in [-0.4, -0.2) is 0 Å². The molecular weight excluding hydrogens is 238 g/mol. The maximum absolute atomic E-state index is 6.53. The van der Waals surface area contributed by atoms with Crippen LogP contribution >= 0.6 is 11.3 Å². The van der Waals surface area contributed by atoms with Gasteiger partial charge in [0.25, 0.3) is 0 Å². The highest BCUT2D eigenvalue weighted by Gasteiger charge is 2.23. The van der Waals surface area contributed by atoms with E-state index < -0.39 is 0 Å². The topological polar surface area (TPSA) is 26.0 Å². The zero-order valence-electron chi connectivity index (χ0n) is 11.4. The van der Waals surface area contributed by atoms with Gasteiger partial charge in [-0.1, -0.05) is 29.8 Å². The van der Waals surface area contributed by atoms with Crippen LogP contribution in [0.3, 0.4) is 0 Å². The summed E-state index contributed by atoms with van der Waals surface area (Å²) in [7, 11) is 0. The van der Waals surface area contributed by atoms with Gasteiger partial charge < -0.3 is 5.73 Å². The third-order valence-electron chi connectivity index (χ3n) is 3.48. The fraction of sp³-hybridized carbons (Fsp3) is 0.375. The van der Waals surface area contributed by atoms with E-state index >= 15 is 0 Å². The van der Waals surface area contributed by atoms with Crippen molar-refractivity contribution in [3.05, 3.63) is 57.3 Å². The molecule has 0 saturated heterocycles. The van der Waals surface area contributed by atoms with Crippen LogP contribution in [0.15, 0.2) is 35.7 Å². The van der Waals surface area contributed by atoms with Gasteiger partial charge in [0.2, 0.25) is 0 Å². The van der Waals surface area contributed by atoms with E-state index in [4.69, 9.17) is 5.73 Å². The van der Waals surface area contributed by atoms with Gasteiger partial charge in [0, 0.05) is 10.4 Å². The molecule has 2 heteroatoms. The average molecular weight is 259 g/mol. The molecule has 2 aromatic rings. The van der Waals surface area contributed by atoms with Crippen molar-refractivity contribution in [2.75, 3.05) is 0 Å². The van der Waals surface area contributed by atoms with Gasteiger partial charge in [-0.2, -0.15) is 0 Å². The van der Waals surface area contributed by atoms with Gasteiger partial charge in [-0.05, 0) is 56.2 Å². The van der Waals surface area contributed by atoms with Crippen LogP contribution in [0, 0.1) is 13.8 Å². The second-order valence-corrected chi connectivity index (χ2v) is 6.35. The molecule has 96 valence electrons. The maximum atomic E-state index is 6.53. The van der Waals surface area contributed by atoms with Gasteiger partial charge >= 0.3 is 0 Å². The molecule has 2 rings (SSSR count). The summed E-state index contributed by atoms with van der Waals surface area (Å²) in [5, 5.41) is 2.13. The predicted molar refractivity (Wildman–Crippen MR) is 80.1 cm³/mol. The Morgan fingerprint density at radius 3 is 2.67 bits per heavy atom. The van der Waals surface area contributed by atoms with Crippen LogP contribution in [0.5, 0.6) is 0 Å². The fourth-order valence-corrected chi connectivity index (χ4v) is 3.03. The fourth-order valence-electron chi connectivity index (χ4n) is 2.32. The molecule has 0 fully saturated rings. The Labute approximate surface area is 114 Å². The molecule has 2 N–H and O–H groups in total. The van der Waals surface area contributed by atoms with Gasteiger partial charge in [0.1, 0.15) is 0 Å². The average Bonchev–Trinajstić information content (AvgIpc) is 2.83. The number of aryl methyl sites for hydroxylation is 3. The normalized spacial score (nSPS) is 14.4. The Hall–Kier alpha value is -1.12. The van der Waals surface area contributed by atoms with Crippen molar-refractivity contribution in [1.29, 1.82) is 0 Å². The first-order valence-corrected chi connectivity index (χ1v) is 7.26. The van der Waals surface area contributed by atoms with Crippen LogP contribution in [0.4, 0.5) is 0 Å². The Morgan fingerprint density at radius 2 is 2.00 bits per heavy atom. The molecule has 1 atom stereocenters. The van der Waals surface area contributed by atoms with E-state index in [1.54, 1.807) is 0 Å². The minimum absolute atomic E-state index is 0.250. The molecule has 18 heavy (non-hydrogen) atoms. The van der Waals surface area contributed by atoms with Crippen LogP contribution < -0.4 is 5.73 Å². The molecule has 0 aliphatic carbocycles. The molecule has 1 unspecified atom stereocenters. The van der Waals surface area contributed by atoms with Gasteiger partial charge in [-0.25, -0.2) is 0 Å². The molecule has 0 bridgehead atoms. The number of thiophene rings is 1. The van der Waals surface area contributed by atoms with Gasteiger partial charge in [-0.15, -0.1) is 11.3 Å². The summed E-state index contributed by atoms with van der Waals surface area (Å²) in [6.07, 6.45) is 2.04. The zero-order valence-corrected chi connectivity index (χ0v) is 12.2. The van der Waals surface area contributed by atoms with Crippen LogP contribution in [-0.2, 0) is 12.0 Å². The van der Waals surface area contributed by atoms with E-state index in [0.717, 1.165) is 12.8 Å². The van der Waals surface area contributed by atoms with E-state index in [2.05, 4.69) is 56.5 Å². The second kappa shape index (κ2) is 5.25. The lowest BCUT2D eigenvalue weighted by atomic mass is 9.84. The molecule has 0 spiro atoms. The van der Waals surface area contributed by atoms with Gasteiger partial charge in [-0.3, -0.25) is 0 Å². The molecule has 1 heterocycles. The number of benzene rings is 1. The number of nitrogens with two attached hydrogens (primary N) is 1. The van der Waals surface area contributed by atoms with E-state index in [1.807, 2.05) is 11.3 Å². The molecule has 1 aromatic carbocycles. The quantitative estimate of drug-likeness (QED) is 0.876. The molecule has 1 nitrogen and oxygen atoms in total. The molecule has 0 amide bonds. The minimum atomic E-state index is -0.250. The first-order valence-electron chi connectivity index (χ1n) is 6.38. The minimum Gasteiger partial charge on any atom is -0.322 e. The van der Waals surface area contributed by atoms with Crippen LogP contribution in [0.2, 0.25) is 0 Å². The molecule has 0 radical (unpaired) electrons. The van der Waals surface area contributed by atoms with E-state index in [-0.39, 0.29) is 5.54 Å². The molecule has 0 aliphatic rings. The van der Waals surface area contributed by atoms with E-state index in [0.29, 0.717) is 0 Å². The first-order chi connectivity index (χ1) is 8.49. The number of rotatable bonds is 4. The van der Waals surface area contributed by atoms with E-state index in [9.17, 15) is 0 Å². The molecule has 1 aromatic heterocycles. The van der Waals surface area contributed by atoms with Crippen molar-refractivity contribution in [2.24, 2.45) is 5.73 Å². The van der Waals surface area contributed by atoms with Crippen molar-refractivity contribution in [1.82, 2.24) is 0 Å². The van der Waals surface area contributed by atoms with Crippen LogP contribution in [0.1, 0.15) is 34.9 Å². The second-order valence-electron chi connectivity index (χ2n) is 5.32. The van der Waals surface area contributed by atoms with Crippen molar-refractivity contribution < 1.29 is 0 Å². The van der Waals surface area contributed by atoms with E-state index in [1.165, 1.54) is 21.6 Å². The summed E-state index contributed by atoms with van der Waals surface area (Å²) in [5.41, 5.74) is 10.1. The van der Waals surface area contributed by atoms with Gasteiger partial charge in [0.15, 0.2) is 0 Å². The lowest BCUT2D eigenvalue weighted by Crippen LogP contribution is -2.34. The van der Waals surface area contributed by atoms with Crippen LogP contribution in [0.25, 0.3) is 0 Å². The SMILES string of the molecule is Cc1ccc(C)c(C(C)(N)CCc2cccs2)c1.